The van der Waals surface area contributed by atoms with Crippen molar-refractivity contribution in [1.82, 2.24) is 19.7 Å². The Hall–Kier alpha value is -2.74. The fraction of sp³-hybridized carbons (Fsp3) is 0.250. The first-order chi connectivity index (χ1) is 13.3. The third-order valence-corrected chi connectivity index (χ3v) is 5.61. The molecule has 4 rings (SSSR count). The Morgan fingerprint density at radius 3 is 2.82 bits per heavy atom. The van der Waals surface area contributed by atoms with E-state index < -0.39 is 11.7 Å². The largest absolute Gasteiger partial charge is 0.412 e. The van der Waals surface area contributed by atoms with E-state index in [9.17, 15) is 13.2 Å². The Morgan fingerprint density at radius 2 is 2.04 bits per heavy atom. The number of thiophene rings is 1. The molecule has 4 nitrogen and oxygen atoms in total. The van der Waals surface area contributed by atoms with Gasteiger partial charge in [0.15, 0.2) is 5.65 Å². The zero-order valence-corrected chi connectivity index (χ0v) is 15.9. The van der Waals surface area contributed by atoms with Crippen molar-refractivity contribution in [2.75, 3.05) is 0 Å². The van der Waals surface area contributed by atoms with Crippen LogP contribution in [0.25, 0.3) is 32.5 Å². The molecule has 4 heterocycles. The van der Waals surface area contributed by atoms with Gasteiger partial charge < -0.3 is 0 Å². The lowest BCUT2D eigenvalue weighted by Gasteiger charge is -2.08. The van der Waals surface area contributed by atoms with Gasteiger partial charge in [-0.05, 0) is 43.5 Å². The van der Waals surface area contributed by atoms with Gasteiger partial charge in [0.1, 0.15) is 4.83 Å². The Bertz CT molecular complexity index is 1170. The second-order valence-corrected chi connectivity index (χ2v) is 7.81. The van der Waals surface area contributed by atoms with E-state index in [4.69, 9.17) is 4.98 Å². The first-order valence-electron chi connectivity index (χ1n) is 8.74. The minimum Gasteiger partial charge on any atom is -0.273 e. The maximum Gasteiger partial charge on any atom is 0.412 e. The zero-order valence-electron chi connectivity index (χ0n) is 15.1. The molecule has 0 N–H and O–H groups in total. The van der Waals surface area contributed by atoms with E-state index in [0.29, 0.717) is 18.5 Å². The number of aromatic nitrogens is 4. The van der Waals surface area contributed by atoms with Gasteiger partial charge in [-0.25, -0.2) is 9.97 Å². The van der Waals surface area contributed by atoms with Crippen LogP contribution in [0, 0.1) is 0 Å². The van der Waals surface area contributed by atoms with Gasteiger partial charge in [0.05, 0.1) is 5.69 Å². The van der Waals surface area contributed by atoms with Crippen LogP contribution < -0.4 is 0 Å². The molecule has 0 bridgehead atoms. The fourth-order valence-electron chi connectivity index (χ4n) is 3.04. The van der Waals surface area contributed by atoms with Crippen LogP contribution >= 0.6 is 11.3 Å². The van der Waals surface area contributed by atoms with Gasteiger partial charge in [-0.15, -0.1) is 11.3 Å². The number of hydrogen-bond donors (Lipinski definition) is 0. The van der Waals surface area contributed by atoms with Crippen LogP contribution in [0.3, 0.4) is 0 Å². The van der Waals surface area contributed by atoms with Gasteiger partial charge in [0.25, 0.3) is 0 Å². The monoisotopic (exact) mass is 402 g/mol. The molecule has 0 radical (unpaired) electrons. The summed E-state index contributed by atoms with van der Waals surface area (Å²) in [7, 11) is 1.85. The highest BCUT2D eigenvalue weighted by Crippen LogP contribution is 2.31. The molecule has 8 heteroatoms. The summed E-state index contributed by atoms with van der Waals surface area (Å²) in [5.74, 6) is 0. The smallest absolute Gasteiger partial charge is 0.273 e. The van der Waals surface area contributed by atoms with Crippen molar-refractivity contribution in [3.8, 4) is 11.3 Å². The molecule has 4 aromatic heterocycles. The highest BCUT2D eigenvalue weighted by Gasteiger charge is 2.30. The van der Waals surface area contributed by atoms with Crippen LogP contribution in [0.15, 0.2) is 48.8 Å². The van der Waals surface area contributed by atoms with Gasteiger partial charge in [0, 0.05) is 46.2 Å². The highest BCUT2D eigenvalue weighted by molar-refractivity contribution is 7.18. The summed E-state index contributed by atoms with van der Waals surface area (Å²) in [6, 6.07) is 7.92. The molecular weight excluding hydrogens is 385 g/mol. The number of hydrogen-bond acceptors (Lipinski definition) is 4. The normalized spacial score (nSPS) is 12.1. The first kappa shape index (κ1) is 18.6. The third kappa shape index (κ3) is 3.77. The van der Waals surface area contributed by atoms with E-state index in [0.717, 1.165) is 31.7 Å². The average Bonchev–Trinajstić information content (AvgIpc) is 3.20. The van der Waals surface area contributed by atoms with E-state index in [1.165, 1.54) is 11.3 Å². The van der Waals surface area contributed by atoms with Gasteiger partial charge >= 0.3 is 6.18 Å². The van der Waals surface area contributed by atoms with Crippen LogP contribution in [0.2, 0.25) is 0 Å². The number of pyridine rings is 2. The van der Waals surface area contributed by atoms with Crippen molar-refractivity contribution in [3.05, 3.63) is 53.7 Å². The number of allylic oxidation sites excluding steroid dienone is 1. The lowest BCUT2D eigenvalue weighted by atomic mass is 10.1. The van der Waals surface area contributed by atoms with E-state index in [1.54, 1.807) is 10.9 Å². The predicted octanol–water partition coefficient (Wildman–Crippen LogP) is 5.69. The van der Waals surface area contributed by atoms with Crippen LogP contribution in [0.1, 0.15) is 17.7 Å². The van der Waals surface area contributed by atoms with Crippen LogP contribution in [0.5, 0.6) is 0 Å². The zero-order chi connectivity index (χ0) is 19.9. The second kappa shape index (κ2) is 7.01. The molecule has 0 amide bonds. The lowest BCUT2D eigenvalue weighted by Crippen LogP contribution is -2.10. The molecular formula is C20H17F3N4S. The third-order valence-electron chi connectivity index (χ3n) is 4.51. The van der Waals surface area contributed by atoms with Gasteiger partial charge in [-0.1, -0.05) is 6.58 Å². The Kier molecular flexibility index (Phi) is 4.66. The molecule has 0 aliphatic heterocycles. The molecule has 28 heavy (non-hydrogen) atoms. The number of aryl methyl sites for hydroxylation is 2. The van der Waals surface area contributed by atoms with Crippen molar-refractivity contribution >= 4 is 32.6 Å². The van der Waals surface area contributed by atoms with Crippen molar-refractivity contribution in [3.63, 3.8) is 0 Å². The van der Waals surface area contributed by atoms with Crippen LogP contribution in [-0.4, -0.2) is 25.9 Å². The number of halogens is 3. The van der Waals surface area contributed by atoms with Gasteiger partial charge in [-0.2, -0.15) is 18.3 Å². The molecule has 0 aromatic carbocycles. The Labute approximate surface area is 163 Å². The molecule has 0 saturated carbocycles. The van der Waals surface area contributed by atoms with Crippen LogP contribution in [0.4, 0.5) is 13.2 Å². The molecule has 144 valence electrons. The summed E-state index contributed by atoms with van der Waals surface area (Å²) in [5, 5.41) is 6.21. The topological polar surface area (TPSA) is 43.6 Å². The number of alkyl halides is 3. The molecule has 0 fully saturated rings. The minimum atomic E-state index is -4.31. The summed E-state index contributed by atoms with van der Waals surface area (Å²) >= 11 is 1.51. The summed E-state index contributed by atoms with van der Waals surface area (Å²) in [4.78, 5) is 11.0. The van der Waals surface area contributed by atoms with E-state index in [-0.39, 0.29) is 6.42 Å². The van der Waals surface area contributed by atoms with E-state index >= 15 is 0 Å². The first-order valence-corrected chi connectivity index (χ1v) is 9.55. The number of rotatable bonds is 5. The Balaban J connectivity index is 1.53. The fourth-order valence-corrected chi connectivity index (χ4v) is 4.11. The number of nitrogens with zero attached hydrogens (tertiary/aromatic N) is 4. The van der Waals surface area contributed by atoms with Crippen molar-refractivity contribution in [2.45, 2.75) is 25.4 Å². The minimum absolute atomic E-state index is 0.0484. The van der Waals surface area contributed by atoms with E-state index in [1.807, 2.05) is 37.5 Å². The summed E-state index contributed by atoms with van der Waals surface area (Å²) in [6.07, 6.45) is 0.296. The molecule has 0 aliphatic carbocycles. The maximum absolute atomic E-state index is 12.5. The quantitative estimate of drug-likeness (QED) is 0.403. The predicted molar refractivity (Wildman–Crippen MR) is 105 cm³/mol. The maximum atomic E-state index is 12.5. The van der Waals surface area contributed by atoms with Crippen molar-refractivity contribution < 1.29 is 13.2 Å². The molecule has 0 unspecified atom stereocenters. The molecule has 0 aliphatic rings. The molecule has 0 spiro atoms. The average molecular weight is 402 g/mol. The van der Waals surface area contributed by atoms with Crippen LogP contribution in [-0.2, 0) is 13.5 Å². The standard InChI is InChI=1S/C20H17F3N4S/c1-12(20(21,22)23)4-3-5-16-9-13-6-7-17(25-19(13)28-16)14-8-15-11-27(2)26-18(15)24-10-14/h6-11H,1,3-5H2,2H3. The summed E-state index contributed by atoms with van der Waals surface area (Å²) in [6.45, 7) is 3.12. The van der Waals surface area contributed by atoms with Gasteiger partial charge in [-0.3, -0.25) is 4.68 Å². The molecule has 4 aromatic rings. The lowest BCUT2D eigenvalue weighted by molar-refractivity contribution is -0.0937. The molecule has 0 saturated heterocycles. The summed E-state index contributed by atoms with van der Waals surface area (Å²) in [5.41, 5.74) is 1.72. The van der Waals surface area contributed by atoms with E-state index in [2.05, 4.69) is 16.7 Å². The molecule has 0 atom stereocenters. The van der Waals surface area contributed by atoms with Crippen molar-refractivity contribution in [1.29, 1.82) is 0 Å². The van der Waals surface area contributed by atoms with Crippen molar-refractivity contribution in [2.24, 2.45) is 7.05 Å². The number of fused-ring (bicyclic) bond motifs is 2. The van der Waals surface area contributed by atoms with Gasteiger partial charge in [0.2, 0.25) is 0 Å². The Morgan fingerprint density at radius 1 is 1.21 bits per heavy atom. The highest BCUT2D eigenvalue weighted by atomic mass is 32.1. The summed E-state index contributed by atoms with van der Waals surface area (Å²) < 4.78 is 39.3. The second-order valence-electron chi connectivity index (χ2n) is 6.70. The SMILES string of the molecule is C=C(CCCc1cc2ccc(-c3cnc4nn(C)cc4c3)nc2s1)C(F)(F)F.